The van der Waals surface area contributed by atoms with Gasteiger partial charge in [0.2, 0.25) is 5.89 Å². The lowest BCUT2D eigenvalue weighted by atomic mass is 10.1. The normalized spacial score (nSPS) is 16.1. The van der Waals surface area contributed by atoms with E-state index in [0.29, 0.717) is 41.7 Å². The summed E-state index contributed by atoms with van der Waals surface area (Å²) in [6.45, 7) is 0.602. The Balaban J connectivity index is 1.68. The summed E-state index contributed by atoms with van der Waals surface area (Å²) in [5.74, 6) is 0.894. The van der Waals surface area contributed by atoms with Gasteiger partial charge in [-0.1, -0.05) is 22.8 Å². The van der Waals surface area contributed by atoms with Crippen molar-refractivity contribution in [3.05, 3.63) is 46.3 Å². The molecule has 0 spiro atoms. The first-order valence-corrected chi connectivity index (χ1v) is 7.27. The molecule has 0 N–H and O–H groups in total. The average molecular weight is 311 g/mol. The van der Waals surface area contributed by atoms with Crippen LogP contribution < -0.4 is 0 Å². The molecule has 1 aliphatic carbocycles. The highest BCUT2D eigenvalue weighted by Crippen LogP contribution is 2.46. The number of hydrogen-bond acceptors (Lipinski definition) is 4. The van der Waals surface area contributed by atoms with Gasteiger partial charge in [-0.3, -0.25) is 0 Å². The van der Waals surface area contributed by atoms with Gasteiger partial charge in [0.1, 0.15) is 5.82 Å². The maximum absolute atomic E-state index is 13.7. The molecule has 1 aromatic carbocycles. The number of nitrogens with zero attached hydrogens (tertiary/aromatic N) is 2. The number of halogens is 2. The molecular weight excluding hydrogens is 295 g/mol. The molecule has 2 aromatic rings. The van der Waals surface area contributed by atoms with Crippen LogP contribution in [0.5, 0.6) is 0 Å². The average Bonchev–Trinajstić information content (AvgIpc) is 3.08. The minimum absolute atomic E-state index is 0.0772. The molecule has 4 nitrogen and oxygen atoms in total. The molecule has 1 fully saturated rings. The Morgan fingerprint density at radius 1 is 1.38 bits per heavy atom. The first-order valence-electron chi connectivity index (χ1n) is 6.89. The van der Waals surface area contributed by atoms with Crippen molar-refractivity contribution in [3.63, 3.8) is 0 Å². The van der Waals surface area contributed by atoms with Gasteiger partial charge in [0, 0.05) is 24.1 Å². The topological polar surface area (TPSA) is 48.2 Å². The van der Waals surface area contributed by atoms with Crippen molar-refractivity contribution in [2.45, 2.75) is 31.1 Å². The number of ether oxygens (including phenoxy) is 1. The Bertz CT molecular complexity index is 620. The minimum atomic E-state index is -0.305. The van der Waals surface area contributed by atoms with Crippen LogP contribution >= 0.6 is 11.6 Å². The maximum atomic E-state index is 13.7. The van der Waals surface area contributed by atoms with Crippen molar-refractivity contribution in [3.8, 4) is 0 Å². The number of methoxy groups -OCH3 is 1. The predicted molar refractivity (Wildman–Crippen MR) is 75.9 cm³/mol. The summed E-state index contributed by atoms with van der Waals surface area (Å²) in [4.78, 5) is 4.41. The zero-order chi connectivity index (χ0) is 14.9. The van der Waals surface area contributed by atoms with Crippen LogP contribution in [0.4, 0.5) is 4.39 Å². The van der Waals surface area contributed by atoms with Crippen molar-refractivity contribution in [2.75, 3.05) is 13.7 Å². The van der Waals surface area contributed by atoms with Crippen molar-refractivity contribution in [1.29, 1.82) is 0 Å². The summed E-state index contributed by atoms with van der Waals surface area (Å²) in [5.41, 5.74) is 0.406. The third-order valence-corrected chi connectivity index (χ3v) is 4.22. The van der Waals surface area contributed by atoms with Crippen LogP contribution in [-0.4, -0.2) is 23.9 Å². The fraction of sp³-hybridized carbons (Fsp3) is 0.467. The molecule has 1 aromatic heterocycles. The van der Waals surface area contributed by atoms with Gasteiger partial charge in [-0.2, -0.15) is 4.98 Å². The molecule has 21 heavy (non-hydrogen) atoms. The summed E-state index contributed by atoms with van der Waals surface area (Å²) in [6, 6.07) is 4.67. The number of aromatic nitrogens is 2. The Labute approximate surface area is 127 Å². The van der Waals surface area contributed by atoms with E-state index in [4.69, 9.17) is 20.9 Å². The summed E-state index contributed by atoms with van der Waals surface area (Å²) in [5, 5.41) is 4.46. The quantitative estimate of drug-likeness (QED) is 0.821. The molecule has 112 valence electrons. The maximum Gasteiger partial charge on any atom is 0.226 e. The van der Waals surface area contributed by atoms with E-state index in [1.54, 1.807) is 19.2 Å². The molecule has 0 radical (unpaired) electrons. The Hall–Kier alpha value is -1.46. The van der Waals surface area contributed by atoms with E-state index in [0.717, 1.165) is 12.8 Å². The number of benzene rings is 1. The van der Waals surface area contributed by atoms with Crippen LogP contribution in [0.15, 0.2) is 22.7 Å². The van der Waals surface area contributed by atoms with Crippen molar-refractivity contribution < 1.29 is 13.7 Å². The van der Waals surface area contributed by atoms with Crippen LogP contribution in [-0.2, 0) is 23.0 Å². The highest BCUT2D eigenvalue weighted by Gasteiger charge is 2.48. The molecule has 0 unspecified atom stereocenters. The Morgan fingerprint density at radius 2 is 2.19 bits per heavy atom. The van der Waals surface area contributed by atoms with Gasteiger partial charge in [0.15, 0.2) is 5.82 Å². The summed E-state index contributed by atoms with van der Waals surface area (Å²) in [6.07, 6.45) is 2.93. The molecule has 6 heteroatoms. The molecule has 1 heterocycles. The minimum Gasteiger partial charge on any atom is -0.384 e. The van der Waals surface area contributed by atoms with Crippen LogP contribution in [0.25, 0.3) is 0 Å². The third-order valence-electron chi connectivity index (χ3n) is 3.87. The van der Waals surface area contributed by atoms with Gasteiger partial charge in [0.25, 0.3) is 0 Å². The predicted octanol–water partition coefficient (Wildman–Crippen LogP) is 3.33. The summed E-state index contributed by atoms with van der Waals surface area (Å²) in [7, 11) is 1.67. The zero-order valence-corrected chi connectivity index (χ0v) is 12.5. The lowest BCUT2D eigenvalue weighted by Gasteiger charge is -2.07. The molecule has 0 saturated heterocycles. The lowest BCUT2D eigenvalue weighted by molar-refractivity contribution is 0.166. The molecule has 0 atom stereocenters. The zero-order valence-electron chi connectivity index (χ0n) is 11.7. The van der Waals surface area contributed by atoms with E-state index in [-0.39, 0.29) is 11.2 Å². The van der Waals surface area contributed by atoms with E-state index in [9.17, 15) is 4.39 Å². The van der Waals surface area contributed by atoms with Crippen molar-refractivity contribution in [2.24, 2.45) is 0 Å². The molecule has 0 bridgehead atoms. The number of hydrogen-bond donors (Lipinski definition) is 0. The number of rotatable bonds is 6. The van der Waals surface area contributed by atoms with Gasteiger partial charge in [-0.05, 0) is 31.4 Å². The van der Waals surface area contributed by atoms with Crippen molar-refractivity contribution in [1.82, 2.24) is 10.1 Å². The van der Waals surface area contributed by atoms with Crippen LogP contribution in [0.2, 0.25) is 5.02 Å². The van der Waals surface area contributed by atoms with E-state index in [1.807, 2.05) is 0 Å². The standard InChI is InChI=1S/C15H16ClFN2O2/c1-20-9-15(7-8-15)14-18-13(21-19-14)6-5-10-11(16)3-2-4-12(10)17/h2-4H,5-9H2,1H3. The first kappa shape index (κ1) is 14.5. The first-order chi connectivity index (χ1) is 10.1. The van der Waals surface area contributed by atoms with Gasteiger partial charge in [-0.15, -0.1) is 0 Å². The largest absolute Gasteiger partial charge is 0.384 e. The highest BCUT2D eigenvalue weighted by molar-refractivity contribution is 6.31. The Morgan fingerprint density at radius 3 is 2.86 bits per heavy atom. The third kappa shape index (κ3) is 2.94. The molecule has 1 saturated carbocycles. The highest BCUT2D eigenvalue weighted by atomic mass is 35.5. The summed E-state index contributed by atoms with van der Waals surface area (Å²) >= 11 is 6.00. The van der Waals surface area contributed by atoms with E-state index < -0.39 is 0 Å². The van der Waals surface area contributed by atoms with Crippen LogP contribution in [0, 0.1) is 5.82 Å². The van der Waals surface area contributed by atoms with Gasteiger partial charge >= 0.3 is 0 Å². The van der Waals surface area contributed by atoms with E-state index >= 15 is 0 Å². The fourth-order valence-corrected chi connectivity index (χ4v) is 2.69. The smallest absolute Gasteiger partial charge is 0.226 e. The molecular formula is C15H16ClFN2O2. The van der Waals surface area contributed by atoms with E-state index in [1.165, 1.54) is 6.07 Å². The molecule has 1 aliphatic rings. The fourth-order valence-electron chi connectivity index (χ4n) is 2.43. The second-order valence-corrected chi connectivity index (χ2v) is 5.83. The Kier molecular flexibility index (Phi) is 3.95. The molecule has 3 rings (SSSR count). The second-order valence-electron chi connectivity index (χ2n) is 5.43. The number of aryl methyl sites for hydroxylation is 1. The second kappa shape index (κ2) is 5.73. The van der Waals surface area contributed by atoms with Crippen LogP contribution in [0.1, 0.15) is 30.1 Å². The SMILES string of the molecule is COCC1(c2noc(CCc3c(F)cccc3Cl)n2)CC1. The monoisotopic (exact) mass is 310 g/mol. The van der Waals surface area contributed by atoms with Crippen LogP contribution in [0.3, 0.4) is 0 Å². The van der Waals surface area contributed by atoms with Crippen molar-refractivity contribution >= 4 is 11.6 Å². The van der Waals surface area contributed by atoms with Gasteiger partial charge < -0.3 is 9.26 Å². The van der Waals surface area contributed by atoms with Gasteiger partial charge in [0.05, 0.1) is 12.0 Å². The lowest BCUT2D eigenvalue weighted by Crippen LogP contribution is -2.15. The summed E-state index contributed by atoms with van der Waals surface area (Å²) < 4.78 is 24.2. The molecule has 0 amide bonds. The van der Waals surface area contributed by atoms with E-state index in [2.05, 4.69) is 10.1 Å². The molecule has 0 aliphatic heterocycles. The van der Waals surface area contributed by atoms with Gasteiger partial charge in [-0.25, -0.2) is 4.39 Å².